The van der Waals surface area contributed by atoms with Crippen molar-refractivity contribution in [3.63, 3.8) is 0 Å². The highest BCUT2D eigenvalue weighted by Gasteiger charge is 2.16. The van der Waals surface area contributed by atoms with Crippen LogP contribution in [0.1, 0.15) is 27.2 Å². The Labute approximate surface area is 152 Å². The van der Waals surface area contributed by atoms with Gasteiger partial charge in [0.05, 0.1) is 5.70 Å². The summed E-state index contributed by atoms with van der Waals surface area (Å²) in [5.41, 5.74) is 8.84. The lowest BCUT2D eigenvalue weighted by Gasteiger charge is -2.33. The zero-order chi connectivity index (χ0) is 18.8. The molecule has 1 unspecified atom stereocenters. The van der Waals surface area contributed by atoms with Crippen LogP contribution in [0.5, 0.6) is 0 Å². The topological polar surface area (TPSA) is 68.7 Å². The molecule has 1 rings (SSSR count). The highest BCUT2D eigenvalue weighted by molar-refractivity contribution is 5.93. The van der Waals surface area contributed by atoms with Gasteiger partial charge in [-0.3, -0.25) is 4.99 Å². The number of rotatable bonds is 9. The van der Waals surface area contributed by atoms with Gasteiger partial charge >= 0.3 is 0 Å². The Balaban J connectivity index is 2.91. The quantitative estimate of drug-likeness (QED) is 0.632. The van der Waals surface area contributed by atoms with E-state index in [1.165, 1.54) is 17.6 Å². The average Bonchev–Trinajstić information content (AvgIpc) is 2.61. The molecule has 0 amide bonds. The first-order valence-corrected chi connectivity index (χ1v) is 8.85. The molecule has 1 aliphatic heterocycles. The third kappa shape index (κ3) is 6.70. The molecule has 25 heavy (non-hydrogen) atoms. The summed E-state index contributed by atoms with van der Waals surface area (Å²) in [6.45, 7) is 8.45. The smallest absolute Gasteiger partial charge is 0.104 e. The van der Waals surface area contributed by atoms with E-state index in [0.29, 0.717) is 12.5 Å². The van der Waals surface area contributed by atoms with Gasteiger partial charge in [-0.1, -0.05) is 25.2 Å². The first kappa shape index (κ1) is 20.9. The van der Waals surface area contributed by atoms with Crippen LogP contribution >= 0.6 is 0 Å². The number of nitrogens with one attached hydrogen (secondary N) is 1. The normalized spacial score (nSPS) is 17.4. The molecule has 0 saturated heterocycles. The number of hydrogen-bond donors (Lipinski definition) is 2. The van der Waals surface area contributed by atoms with Gasteiger partial charge in [0.15, 0.2) is 0 Å². The van der Waals surface area contributed by atoms with E-state index in [4.69, 9.17) is 16.1 Å². The molecule has 0 saturated carbocycles. The Hall–Kier alpha value is -2.14. The lowest BCUT2D eigenvalue weighted by Crippen LogP contribution is -2.34. The molecule has 1 aliphatic rings. The molecular weight excluding hydrogens is 310 g/mol. The van der Waals surface area contributed by atoms with Gasteiger partial charge in [-0.15, -0.1) is 0 Å². The lowest BCUT2D eigenvalue weighted by molar-refractivity contribution is 0.283. The fourth-order valence-corrected chi connectivity index (χ4v) is 2.58. The van der Waals surface area contributed by atoms with E-state index >= 15 is 0 Å². The summed E-state index contributed by atoms with van der Waals surface area (Å²) in [5.74, 6) is 1.53. The Morgan fingerprint density at radius 2 is 2.20 bits per heavy atom. The number of allylic oxidation sites excluding steroid dienone is 4. The summed E-state index contributed by atoms with van der Waals surface area (Å²) in [6, 6.07) is 0. The Morgan fingerprint density at radius 3 is 2.76 bits per heavy atom. The van der Waals surface area contributed by atoms with Crippen LogP contribution < -0.4 is 5.73 Å². The highest BCUT2D eigenvalue weighted by atomic mass is 15.3. The van der Waals surface area contributed by atoms with E-state index < -0.39 is 0 Å². The van der Waals surface area contributed by atoms with E-state index in [1.54, 1.807) is 0 Å². The summed E-state index contributed by atoms with van der Waals surface area (Å²) in [6.07, 6.45) is 12.7. The van der Waals surface area contributed by atoms with Crippen LogP contribution in [0.3, 0.4) is 0 Å². The van der Waals surface area contributed by atoms with Gasteiger partial charge in [0.25, 0.3) is 0 Å². The van der Waals surface area contributed by atoms with Crippen LogP contribution in [0.4, 0.5) is 0 Å². The van der Waals surface area contributed by atoms with E-state index in [2.05, 4.69) is 55.1 Å². The lowest BCUT2D eigenvalue weighted by atomic mass is 10.1. The summed E-state index contributed by atoms with van der Waals surface area (Å²) < 4.78 is 0. The Morgan fingerprint density at radius 1 is 1.48 bits per heavy atom. The molecule has 5 heteroatoms. The van der Waals surface area contributed by atoms with E-state index in [0.717, 1.165) is 30.9 Å². The minimum atomic E-state index is 0.362. The van der Waals surface area contributed by atoms with Crippen molar-refractivity contribution in [3.05, 3.63) is 47.5 Å². The second-order valence-electron chi connectivity index (χ2n) is 6.49. The van der Waals surface area contributed by atoms with E-state index in [-0.39, 0.29) is 0 Å². The van der Waals surface area contributed by atoms with Crippen LogP contribution in [-0.4, -0.2) is 55.5 Å². The minimum absolute atomic E-state index is 0.362. The molecule has 0 aromatic heterocycles. The van der Waals surface area contributed by atoms with E-state index in [9.17, 15) is 0 Å². The molecule has 0 radical (unpaired) electrons. The van der Waals surface area contributed by atoms with Crippen molar-refractivity contribution in [3.8, 4) is 0 Å². The summed E-state index contributed by atoms with van der Waals surface area (Å²) in [5, 5.41) is 7.18. The summed E-state index contributed by atoms with van der Waals surface area (Å²) in [4.78, 5) is 9.16. The second-order valence-corrected chi connectivity index (χ2v) is 6.49. The van der Waals surface area contributed by atoms with Crippen molar-refractivity contribution < 1.29 is 0 Å². The number of aliphatic imine (C=N–C) groups is 1. The molecule has 1 heterocycles. The summed E-state index contributed by atoms with van der Waals surface area (Å²) in [7, 11) is 4.15. The molecule has 0 aliphatic carbocycles. The van der Waals surface area contributed by atoms with Crippen LogP contribution in [0.15, 0.2) is 52.5 Å². The van der Waals surface area contributed by atoms with E-state index in [1.807, 2.05) is 19.9 Å². The molecule has 0 aromatic carbocycles. The Bertz CT molecular complexity index is 595. The predicted octanol–water partition coefficient (Wildman–Crippen LogP) is 3.19. The van der Waals surface area contributed by atoms with Gasteiger partial charge in [0.1, 0.15) is 5.82 Å². The minimum Gasteiger partial charge on any atom is -0.361 e. The van der Waals surface area contributed by atoms with Crippen molar-refractivity contribution in [2.75, 3.05) is 33.7 Å². The van der Waals surface area contributed by atoms with Crippen LogP contribution in [0, 0.1) is 11.3 Å². The van der Waals surface area contributed by atoms with Gasteiger partial charge in [-0.05, 0) is 56.7 Å². The molecule has 1 atom stereocenters. The van der Waals surface area contributed by atoms with Crippen molar-refractivity contribution in [2.24, 2.45) is 16.6 Å². The molecular formula is C20H33N5. The second kappa shape index (κ2) is 10.7. The zero-order valence-electron chi connectivity index (χ0n) is 16.3. The SMILES string of the molecule is C\C=C(/N=C(C)/C=C\C(C)CN)C1=CC=C(N(C)CCC=N)N(C)C1. The molecule has 0 fully saturated rings. The number of nitrogens with two attached hydrogens (primary N) is 1. The van der Waals surface area contributed by atoms with Crippen molar-refractivity contribution >= 4 is 11.9 Å². The number of nitrogens with zero attached hydrogens (tertiary/aromatic N) is 3. The van der Waals surface area contributed by atoms with Crippen molar-refractivity contribution in [1.29, 1.82) is 5.41 Å². The molecule has 0 bridgehead atoms. The van der Waals surface area contributed by atoms with Crippen LogP contribution in [0.25, 0.3) is 0 Å². The standard InChI is InChI=1S/C20H33N5/c1-6-19(23-17(3)9-8-16(2)14-22)18-10-11-20(25(5)15-18)24(4)13-7-12-21/h6,8-12,16,21H,7,13-15,22H2,1-5H3/b9-8-,19-6-,21-12?,23-17+. The van der Waals surface area contributed by atoms with Gasteiger partial charge in [0.2, 0.25) is 0 Å². The zero-order valence-corrected chi connectivity index (χ0v) is 16.3. The summed E-state index contributed by atoms with van der Waals surface area (Å²) >= 11 is 0. The van der Waals surface area contributed by atoms with Crippen molar-refractivity contribution in [1.82, 2.24) is 9.80 Å². The van der Waals surface area contributed by atoms with Crippen LogP contribution in [0.2, 0.25) is 0 Å². The highest BCUT2D eigenvalue weighted by Crippen LogP contribution is 2.22. The molecule has 5 nitrogen and oxygen atoms in total. The third-order valence-electron chi connectivity index (χ3n) is 4.17. The molecule has 3 N–H and O–H groups in total. The monoisotopic (exact) mass is 343 g/mol. The Kier molecular flexibility index (Phi) is 8.92. The first-order chi connectivity index (χ1) is 11.9. The maximum Gasteiger partial charge on any atom is 0.104 e. The number of likely N-dealkylation sites (N-methyl/N-ethyl adjacent to an activating group) is 1. The maximum atomic E-state index is 7.18. The van der Waals surface area contributed by atoms with Gasteiger partial charge in [0, 0.05) is 32.9 Å². The average molecular weight is 344 g/mol. The fourth-order valence-electron chi connectivity index (χ4n) is 2.58. The first-order valence-electron chi connectivity index (χ1n) is 8.85. The van der Waals surface area contributed by atoms with Crippen molar-refractivity contribution in [2.45, 2.75) is 27.2 Å². The molecule has 0 aromatic rings. The van der Waals surface area contributed by atoms with Gasteiger partial charge in [-0.2, -0.15) is 0 Å². The predicted molar refractivity (Wildman–Crippen MR) is 109 cm³/mol. The van der Waals surface area contributed by atoms with Gasteiger partial charge in [-0.25, -0.2) is 0 Å². The largest absolute Gasteiger partial charge is 0.361 e. The molecule has 0 spiro atoms. The molecule has 138 valence electrons. The van der Waals surface area contributed by atoms with Gasteiger partial charge < -0.3 is 20.9 Å². The number of hydrogen-bond acceptors (Lipinski definition) is 5. The fraction of sp³-hybridized carbons (Fsp3) is 0.500. The maximum absolute atomic E-state index is 7.18. The van der Waals surface area contributed by atoms with Crippen LogP contribution in [-0.2, 0) is 0 Å². The third-order valence-corrected chi connectivity index (χ3v) is 4.17.